The largest absolute Gasteiger partial charge is 0.455 e. The van der Waals surface area contributed by atoms with Crippen LogP contribution in [-0.2, 0) is 5.41 Å². The van der Waals surface area contributed by atoms with Crippen molar-refractivity contribution in [2.24, 2.45) is 0 Å². The lowest BCUT2D eigenvalue weighted by atomic mass is 9.82. The van der Waals surface area contributed by atoms with Gasteiger partial charge in [-0.05, 0) is 86.9 Å². The molecule has 8 aromatic carbocycles. The van der Waals surface area contributed by atoms with Crippen LogP contribution in [0, 0.1) is 0 Å². The van der Waals surface area contributed by atoms with Crippen molar-refractivity contribution in [2.45, 2.75) is 19.3 Å². The molecule has 0 atom stereocenters. The van der Waals surface area contributed by atoms with Gasteiger partial charge in [-0.2, -0.15) is 0 Å². The Labute approximate surface area is 293 Å². The third-order valence-electron chi connectivity index (χ3n) is 11.0. The van der Waals surface area contributed by atoms with Crippen LogP contribution in [0.4, 0.5) is 17.1 Å². The van der Waals surface area contributed by atoms with Crippen LogP contribution in [-0.4, -0.2) is 0 Å². The van der Waals surface area contributed by atoms with Gasteiger partial charge in [0, 0.05) is 58.8 Å². The molecule has 0 spiro atoms. The first-order chi connectivity index (χ1) is 24.5. The molecule has 0 fully saturated rings. The molecule has 3 heteroatoms. The Hall–Kier alpha value is -5.90. The summed E-state index contributed by atoms with van der Waals surface area (Å²) in [6.45, 7) is 4.71. The fourth-order valence-electron chi connectivity index (χ4n) is 8.62. The van der Waals surface area contributed by atoms with Crippen LogP contribution in [0.5, 0.6) is 0 Å². The maximum atomic E-state index is 6.86. The van der Waals surface area contributed by atoms with Gasteiger partial charge in [0.1, 0.15) is 11.2 Å². The van der Waals surface area contributed by atoms with Gasteiger partial charge in [0.2, 0.25) is 0 Å². The molecule has 0 unspecified atom stereocenters. The fraction of sp³-hybridized carbons (Fsp3) is 0.0638. The minimum absolute atomic E-state index is 0.102. The molecule has 0 saturated heterocycles. The molecule has 0 bridgehead atoms. The third-order valence-corrected chi connectivity index (χ3v) is 12.2. The predicted octanol–water partition coefficient (Wildman–Crippen LogP) is 14.0. The van der Waals surface area contributed by atoms with E-state index in [-0.39, 0.29) is 5.41 Å². The lowest BCUT2D eigenvalue weighted by Gasteiger charge is -2.28. The molecule has 0 saturated carbocycles. The van der Waals surface area contributed by atoms with E-state index in [0.29, 0.717) is 0 Å². The van der Waals surface area contributed by atoms with E-state index in [1.54, 1.807) is 0 Å². The molecule has 10 aromatic rings. The van der Waals surface area contributed by atoms with E-state index >= 15 is 0 Å². The minimum Gasteiger partial charge on any atom is -0.455 e. The average molecular weight is 658 g/mol. The first-order valence-electron chi connectivity index (χ1n) is 17.3. The van der Waals surface area contributed by atoms with Gasteiger partial charge >= 0.3 is 0 Å². The average Bonchev–Trinajstić information content (AvgIpc) is 3.80. The summed E-state index contributed by atoms with van der Waals surface area (Å²) in [4.78, 5) is 2.42. The molecule has 0 aliphatic heterocycles. The first kappa shape index (κ1) is 28.0. The van der Waals surface area contributed by atoms with Gasteiger partial charge in [-0.15, -0.1) is 11.3 Å². The number of benzene rings is 8. The van der Waals surface area contributed by atoms with Crippen molar-refractivity contribution in [2.75, 3.05) is 4.90 Å². The summed E-state index contributed by atoms with van der Waals surface area (Å²) < 4.78 is 9.42. The molecule has 1 aliphatic carbocycles. The maximum Gasteiger partial charge on any atom is 0.145 e. The number of nitrogens with zero attached hydrogens (tertiary/aromatic N) is 1. The summed E-state index contributed by atoms with van der Waals surface area (Å²) in [6, 6.07) is 55.6. The van der Waals surface area contributed by atoms with Crippen molar-refractivity contribution in [3.8, 4) is 11.1 Å². The Morgan fingerprint density at radius 3 is 2.06 bits per heavy atom. The number of rotatable bonds is 3. The van der Waals surface area contributed by atoms with E-state index in [2.05, 4.69) is 170 Å². The fourth-order valence-corrected chi connectivity index (χ4v) is 9.86. The van der Waals surface area contributed by atoms with E-state index in [9.17, 15) is 0 Å². The molecule has 2 aromatic heterocycles. The molecule has 236 valence electrons. The van der Waals surface area contributed by atoms with Crippen LogP contribution in [0.3, 0.4) is 0 Å². The highest BCUT2D eigenvalue weighted by molar-refractivity contribution is 7.27. The lowest BCUT2D eigenvalue weighted by molar-refractivity contribution is 0.660. The normalized spacial score (nSPS) is 13.6. The number of thiophene rings is 1. The topological polar surface area (TPSA) is 16.4 Å². The van der Waals surface area contributed by atoms with Gasteiger partial charge in [0.15, 0.2) is 0 Å². The zero-order chi connectivity index (χ0) is 33.1. The first-order valence-corrected chi connectivity index (χ1v) is 18.1. The predicted molar refractivity (Wildman–Crippen MR) is 214 cm³/mol. The Balaban J connectivity index is 1.20. The van der Waals surface area contributed by atoms with E-state index in [0.717, 1.165) is 33.6 Å². The maximum absolute atomic E-state index is 6.86. The summed E-state index contributed by atoms with van der Waals surface area (Å²) in [7, 11) is 0. The van der Waals surface area contributed by atoms with Crippen molar-refractivity contribution in [3.05, 3.63) is 163 Å². The zero-order valence-electron chi connectivity index (χ0n) is 27.7. The number of hydrogen-bond acceptors (Lipinski definition) is 3. The van der Waals surface area contributed by atoms with Crippen molar-refractivity contribution in [1.82, 2.24) is 0 Å². The second kappa shape index (κ2) is 10.1. The highest BCUT2D eigenvalue weighted by Gasteiger charge is 2.35. The Morgan fingerprint density at radius 2 is 1.16 bits per heavy atom. The molecule has 1 aliphatic rings. The Bertz CT molecular complexity index is 3030. The van der Waals surface area contributed by atoms with Crippen LogP contribution < -0.4 is 4.90 Å². The summed E-state index contributed by atoms with van der Waals surface area (Å²) >= 11 is 1.86. The third kappa shape index (κ3) is 3.78. The van der Waals surface area contributed by atoms with E-state index < -0.39 is 0 Å². The summed E-state index contributed by atoms with van der Waals surface area (Å²) in [5, 5.41) is 9.73. The second-order valence-electron chi connectivity index (χ2n) is 14.1. The van der Waals surface area contributed by atoms with Crippen LogP contribution in [0.25, 0.3) is 74.8 Å². The van der Waals surface area contributed by atoms with Crippen molar-refractivity contribution in [1.29, 1.82) is 0 Å². The summed E-state index contributed by atoms with van der Waals surface area (Å²) in [6.07, 6.45) is 0. The molecule has 0 radical (unpaired) electrons. The van der Waals surface area contributed by atoms with Gasteiger partial charge in [0.25, 0.3) is 0 Å². The lowest BCUT2D eigenvalue weighted by Crippen LogP contribution is -2.16. The molecule has 11 rings (SSSR count). The summed E-state index contributed by atoms with van der Waals surface area (Å²) in [5.74, 6) is 0. The molecule has 0 N–H and O–H groups in total. The van der Waals surface area contributed by atoms with Gasteiger partial charge in [0.05, 0.1) is 0 Å². The molecular weight excluding hydrogens is 627 g/mol. The molecule has 2 heterocycles. The highest BCUT2D eigenvalue weighted by atomic mass is 32.1. The van der Waals surface area contributed by atoms with Crippen LogP contribution in [0.1, 0.15) is 25.0 Å². The molecular formula is C47H31NOS. The molecule has 0 amide bonds. The van der Waals surface area contributed by atoms with Crippen molar-refractivity contribution < 1.29 is 4.42 Å². The summed E-state index contributed by atoms with van der Waals surface area (Å²) in [5.41, 5.74) is 10.5. The van der Waals surface area contributed by atoms with Gasteiger partial charge in [-0.1, -0.05) is 117 Å². The molecule has 2 nitrogen and oxygen atoms in total. The standard InChI is InChI=1S/C47H31NOS/c1-47(2)39-17-9-7-13-33(39)34-23-21-32(27-40(34)47)48(30-20-19-28-11-3-4-12-29(28)25-30)31-22-24-41-38(26-31)43-35-14-5-6-15-36(35)46-44(45(43)49-41)37-16-8-10-18-42(37)50-46/h3-27H,1-2H3. The number of anilines is 3. The second-order valence-corrected chi connectivity index (χ2v) is 15.2. The van der Waals surface area contributed by atoms with Crippen LogP contribution in [0.15, 0.2) is 156 Å². The van der Waals surface area contributed by atoms with Crippen molar-refractivity contribution >= 4 is 92.1 Å². The van der Waals surface area contributed by atoms with E-state index in [1.807, 2.05) is 11.3 Å². The SMILES string of the molecule is CC1(C)c2ccccc2-c2ccc(N(c3ccc4ccccc4c3)c3ccc4oc5c(c4c3)c3ccccc3c3sc4ccccc4c53)cc21. The van der Waals surface area contributed by atoms with Crippen LogP contribution >= 0.6 is 11.3 Å². The van der Waals surface area contributed by atoms with Gasteiger partial charge in [-0.25, -0.2) is 0 Å². The quantitative estimate of drug-likeness (QED) is 0.188. The van der Waals surface area contributed by atoms with E-state index in [1.165, 1.54) is 69.4 Å². The van der Waals surface area contributed by atoms with Crippen molar-refractivity contribution in [3.63, 3.8) is 0 Å². The number of hydrogen-bond donors (Lipinski definition) is 0. The smallest absolute Gasteiger partial charge is 0.145 e. The Kier molecular flexibility index (Phi) is 5.64. The van der Waals surface area contributed by atoms with Crippen LogP contribution in [0.2, 0.25) is 0 Å². The highest BCUT2D eigenvalue weighted by Crippen LogP contribution is 2.52. The van der Waals surface area contributed by atoms with Gasteiger partial charge in [-0.3, -0.25) is 0 Å². The minimum atomic E-state index is -0.102. The monoisotopic (exact) mass is 657 g/mol. The van der Waals surface area contributed by atoms with E-state index in [4.69, 9.17) is 4.42 Å². The Morgan fingerprint density at radius 1 is 0.500 bits per heavy atom. The zero-order valence-corrected chi connectivity index (χ0v) is 28.5. The number of furan rings is 1. The number of fused-ring (bicyclic) bond motifs is 14. The van der Waals surface area contributed by atoms with Gasteiger partial charge < -0.3 is 9.32 Å². The molecule has 50 heavy (non-hydrogen) atoms.